The van der Waals surface area contributed by atoms with E-state index in [1.54, 1.807) is 18.4 Å². The third-order valence-corrected chi connectivity index (χ3v) is 2.26. The molecule has 0 saturated carbocycles. The summed E-state index contributed by atoms with van der Waals surface area (Å²) in [5, 5.41) is 16.4. The number of nitrogens with one attached hydrogen (secondary N) is 1. The van der Waals surface area contributed by atoms with E-state index in [0.717, 1.165) is 0 Å². The average molecular weight is 205 g/mol. The molecule has 6 nitrogen and oxygen atoms in total. The molecule has 0 aromatic rings. The van der Waals surface area contributed by atoms with Gasteiger partial charge < -0.3 is 5.32 Å². The Bertz CT molecular complexity index is 446. The number of hydrogen-bond acceptors (Lipinski definition) is 5. The van der Waals surface area contributed by atoms with Crippen molar-refractivity contribution in [2.45, 2.75) is 6.04 Å². The monoisotopic (exact) mass is 205 g/mol. The number of hydrogen-bond donors (Lipinski definition) is 1. The van der Waals surface area contributed by atoms with Crippen LogP contribution >= 0.6 is 0 Å². The molecule has 15 heavy (non-hydrogen) atoms. The Morgan fingerprint density at radius 3 is 2.87 bits per heavy atom. The lowest BCUT2D eigenvalue weighted by Crippen LogP contribution is -2.35. The van der Waals surface area contributed by atoms with Gasteiger partial charge in [-0.1, -0.05) is 6.08 Å². The SMILES string of the molecule is O=NC1=CC=C([N+](=O)[O-])C2NC=CC=C12. The van der Waals surface area contributed by atoms with E-state index < -0.39 is 11.0 Å². The molecule has 1 heterocycles. The van der Waals surface area contributed by atoms with Crippen LogP contribution in [0.1, 0.15) is 0 Å². The summed E-state index contributed by atoms with van der Waals surface area (Å²) in [6.45, 7) is 0. The zero-order chi connectivity index (χ0) is 10.8. The van der Waals surface area contributed by atoms with E-state index in [2.05, 4.69) is 10.5 Å². The van der Waals surface area contributed by atoms with Gasteiger partial charge in [-0.05, 0) is 23.5 Å². The quantitative estimate of drug-likeness (QED) is 0.417. The average Bonchev–Trinajstić information content (AvgIpc) is 2.27. The Morgan fingerprint density at radius 1 is 1.40 bits per heavy atom. The summed E-state index contributed by atoms with van der Waals surface area (Å²) in [4.78, 5) is 20.7. The fourth-order valence-corrected chi connectivity index (χ4v) is 1.57. The van der Waals surface area contributed by atoms with Crippen molar-refractivity contribution >= 4 is 0 Å². The molecule has 6 heteroatoms. The normalized spacial score (nSPS) is 22.9. The van der Waals surface area contributed by atoms with Crippen molar-refractivity contribution < 1.29 is 4.92 Å². The molecular weight excluding hydrogens is 198 g/mol. The molecule has 1 atom stereocenters. The zero-order valence-corrected chi connectivity index (χ0v) is 7.58. The van der Waals surface area contributed by atoms with Crippen LogP contribution in [-0.2, 0) is 0 Å². The van der Waals surface area contributed by atoms with Gasteiger partial charge in [0, 0.05) is 11.6 Å². The standard InChI is InChI=1S/C9H7N3O3/c13-11-7-3-4-8(12(14)15)9-6(7)2-1-5-10-9/h1-5,9-10H. The van der Waals surface area contributed by atoms with Crippen LogP contribution in [0.15, 0.2) is 52.6 Å². The van der Waals surface area contributed by atoms with E-state index in [1.165, 1.54) is 12.2 Å². The first-order chi connectivity index (χ1) is 7.24. The number of nitro groups is 1. The highest BCUT2D eigenvalue weighted by molar-refractivity contribution is 5.48. The maximum Gasteiger partial charge on any atom is 0.272 e. The van der Waals surface area contributed by atoms with Crippen molar-refractivity contribution in [3.05, 3.63) is 62.5 Å². The number of fused-ring (bicyclic) bond motifs is 1. The van der Waals surface area contributed by atoms with Crippen LogP contribution in [0.4, 0.5) is 0 Å². The van der Waals surface area contributed by atoms with Crippen LogP contribution in [0.5, 0.6) is 0 Å². The van der Waals surface area contributed by atoms with E-state index in [-0.39, 0.29) is 11.4 Å². The van der Waals surface area contributed by atoms with Crippen molar-refractivity contribution in [3.8, 4) is 0 Å². The molecular formula is C9H7N3O3. The van der Waals surface area contributed by atoms with Crippen molar-refractivity contribution in [1.82, 2.24) is 5.32 Å². The Balaban J connectivity index is 2.49. The highest BCUT2D eigenvalue weighted by Gasteiger charge is 2.33. The van der Waals surface area contributed by atoms with E-state index in [0.29, 0.717) is 5.57 Å². The van der Waals surface area contributed by atoms with Crippen molar-refractivity contribution in [2.75, 3.05) is 0 Å². The number of allylic oxidation sites excluding steroid dienone is 4. The third-order valence-electron chi connectivity index (χ3n) is 2.26. The van der Waals surface area contributed by atoms with Gasteiger partial charge in [0.1, 0.15) is 11.7 Å². The van der Waals surface area contributed by atoms with Crippen LogP contribution in [-0.4, -0.2) is 11.0 Å². The summed E-state index contributed by atoms with van der Waals surface area (Å²) in [7, 11) is 0. The maximum absolute atomic E-state index is 10.7. The molecule has 2 rings (SSSR count). The number of dihydropyridines is 1. The lowest BCUT2D eigenvalue weighted by atomic mass is 9.94. The molecule has 0 spiro atoms. The van der Waals surface area contributed by atoms with E-state index in [4.69, 9.17) is 0 Å². The highest BCUT2D eigenvalue weighted by atomic mass is 16.6. The molecule has 0 fully saturated rings. The third kappa shape index (κ3) is 1.45. The second-order valence-corrected chi connectivity index (χ2v) is 3.07. The Kier molecular flexibility index (Phi) is 2.17. The first-order valence-electron chi connectivity index (χ1n) is 4.27. The van der Waals surface area contributed by atoms with Crippen LogP contribution in [0.2, 0.25) is 0 Å². The smallest absolute Gasteiger partial charge is 0.272 e. The first-order valence-corrected chi connectivity index (χ1v) is 4.27. The molecule has 0 bridgehead atoms. The lowest BCUT2D eigenvalue weighted by molar-refractivity contribution is -0.429. The van der Waals surface area contributed by atoms with E-state index in [9.17, 15) is 15.0 Å². The first kappa shape index (κ1) is 9.32. The second-order valence-electron chi connectivity index (χ2n) is 3.07. The van der Waals surface area contributed by atoms with Crippen LogP contribution < -0.4 is 5.32 Å². The molecule has 0 aromatic heterocycles. The molecule has 0 aromatic carbocycles. The van der Waals surface area contributed by atoms with Crippen LogP contribution in [0, 0.1) is 15.0 Å². The summed E-state index contributed by atoms with van der Waals surface area (Å²) in [5.74, 6) is 0. The van der Waals surface area contributed by atoms with Gasteiger partial charge in [-0.3, -0.25) is 10.1 Å². The van der Waals surface area contributed by atoms with Gasteiger partial charge in [-0.2, -0.15) is 0 Å². The summed E-state index contributed by atoms with van der Waals surface area (Å²) in [5.41, 5.74) is 0.766. The van der Waals surface area contributed by atoms with Crippen molar-refractivity contribution in [3.63, 3.8) is 0 Å². The van der Waals surface area contributed by atoms with E-state index in [1.807, 2.05) is 0 Å². The van der Waals surface area contributed by atoms with Gasteiger partial charge in [0.05, 0.1) is 4.92 Å². The molecule has 0 radical (unpaired) electrons. The molecule has 0 amide bonds. The van der Waals surface area contributed by atoms with Gasteiger partial charge in [0.25, 0.3) is 5.70 Å². The highest BCUT2D eigenvalue weighted by Crippen LogP contribution is 2.27. The Hall–Kier alpha value is -2.24. The minimum atomic E-state index is -0.581. The van der Waals surface area contributed by atoms with Gasteiger partial charge in [0.15, 0.2) is 0 Å². The molecule has 2 aliphatic rings. The summed E-state index contributed by atoms with van der Waals surface area (Å²) < 4.78 is 0. The topological polar surface area (TPSA) is 84.6 Å². The molecule has 76 valence electrons. The summed E-state index contributed by atoms with van der Waals surface area (Å²) in [6.07, 6.45) is 7.57. The number of rotatable bonds is 2. The second kappa shape index (κ2) is 3.49. The van der Waals surface area contributed by atoms with Crippen molar-refractivity contribution in [2.24, 2.45) is 5.18 Å². The molecule has 1 aliphatic carbocycles. The van der Waals surface area contributed by atoms with Crippen molar-refractivity contribution in [1.29, 1.82) is 0 Å². The maximum atomic E-state index is 10.7. The van der Waals surface area contributed by atoms with Gasteiger partial charge in [-0.25, -0.2) is 0 Å². The lowest BCUT2D eigenvalue weighted by Gasteiger charge is -2.22. The fraction of sp³-hybridized carbons (Fsp3) is 0.111. The fourth-order valence-electron chi connectivity index (χ4n) is 1.57. The van der Waals surface area contributed by atoms with Crippen LogP contribution in [0.3, 0.4) is 0 Å². The minimum Gasteiger partial charge on any atom is -0.375 e. The van der Waals surface area contributed by atoms with E-state index >= 15 is 0 Å². The minimum absolute atomic E-state index is 0.0120. The predicted octanol–water partition coefficient (Wildman–Crippen LogP) is 1.22. The van der Waals surface area contributed by atoms with Gasteiger partial charge in [-0.15, -0.1) is 4.91 Å². The molecule has 1 N–H and O–H groups in total. The predicted molar refractivity (Wildman–Crippen MR) is 53.1 cm³/mol. The van der Waals surface area contributed by atoms with Gasteiger partial charge >= 0.3 is 0 Å². The Morgan fingerprint density at radius 2 is 2.20 bits per heavy atom. The van der Waals surface area contributed by atoms with Gasteiger partial charge in [0.2, 0.25) is 0 Å². The van der Waals surface area contributed by atoms with Crippen LogP contribution in [0.25, 0.3) is 0 Å². The summed E-state index contributed by atoms with van der Waals surface area (Å²) in [6, 6.07) is -0.581. The molecule has 0 saturated heterocycles. The largest absolute Gasteiger partial charge is 0.375 e. The zero-order valence-electron chi connectivity index (χ0n) is 7.58. The number of nitrogens with zero attached hydrogens (tertiary/aromatic N) is 2. The molecule has 1 aliphatic heterocycles. The number of nitroso groups, excluding NO2 is 1. The molecule has 1 unspecified atom stereocenters. The Labute approximate surface area is 84.8 Å². The summed E-state index contributed by atoms with van der Waals surface area (Å²) >= 11 is 0.